The molecule has 0 atom stereocenters. The number of carbonyl (C=O) groups is 1. The highest BCUT2D eigenvalue weighted by atomic mass is 16.2. The van der Waals surface area contributed by atoms with Gasteiger partial charge in [-0.25, -0.2) is 0 Å². The highest BCUT2D eigenvalue weighted by Crippen LogP contribution is 2.18. The molecule has 1 N–H and O–H groups in total. The van der Waals surface area contributed by atoms with E-state index in [-0.39, 0.29) is 0 Å². The number of hydrogen-bond acceptors (Lipinski definition) is 4. The van der Waals surface area contributed by atoms with Crippen molar-refractivity contribution in [3.8, 4) is 0 Å². The lowest BCUT2D eigenvalue weighted by atomic mass is 9.96. The van der Waals surface area contributed by atoms with Gasteiger partial charge in [0, 0.05) is 45.7 Å². The molecule has 0 aliphatic carbocycles. The van der Waals surface area contributed by atoms with Gasteiger partial charge in [-0.3, -0.25) is 4.79 Å². The van der Waals surface area contributed by atoms with E-state index >= 15 is 0 Å². The Labute approximate surface area is 136 Å². The van der Waals surface area contributed by atoms with Gasteiger partial charge in [0.1, 0.15) is 0 Å². The molecule has 2 heterocycles. The first-order valence-corrected chi connectivity index (χ1v) is 9.16. The summed E-state index contributed by atoms with van der Waals surface area (Å²) >= 11 is 0. The van der Waals surface area contributed by atoms with Crippen molar-refractivity contribution in [1.82, 2.24) is 20.0 Å². The first-order valence-electron chi connectivity index (χ1n) is 9.16. The quantitative estimate of drug-likeness (QED) is 0.757. The molecular weight excluding hydrogens is 276 g/mol. The van der Waals surface area contributed by atoms with Crippen molar-refractivity contribution in [1.29, 1.82) is 0 Å². The third-order valence-electron chi connectivity index (χ3n) is 5.23. The lowest BCUT2D eigenvalue weighted by Crippen LogP contribution is -2.47. The van der Waals surface area contributed by atoms with Crippen LogP contribution in [-0.4, -0.2) is 86.1 Å². The van der Waals surface area contributed by atoms with Crippen LogP contribution in [0.2, 0.25) is 0 Å². The zero-order valence-electron chi connectivity index (χ0n) is 14.5. The molecule has 0 aromatic heterocycles. The topological polar surface area (TPSA) is 38.8 Å². The van der Waals surface area contributed by atoms with Crippen LogP contribution in [0.15, 0.2) is 0 Å². The number of hydrogen-bond donors (Lipinski definition) is 1. The molecule has 2 saturated heterocycles. The number of amides is 1. The summed E-state index contributed by atoms with van der Waals surface area (Å²) in [5.74, 6) is 1.19. The van der Waals surface area contributed by atoms with E-state index in [1.165, 1.54) is 32.5 Å². The van der Waals surface area contributed by atoms with Crippen LogP contribution in [0.1, 0.15) is 33.1 Å². The number of nitrogens with one attached hydrogen (secondary N) is 1. The maximum Gasteiger partial charge on any atom is 0.223 e. The monoisotopic (exact) mass is 310 g/mol. The summed E-state index contributed by atoms with van der Waals surface area (Å²) in [5, 5.41) is 3.30. The average molecular weight is 310 g/mol. The first kappa shape index (κ1) is 17.7. The second kappa shape index (κ2) is 9.48. The maximum absolute atomic E-state index is 12.2. The van der Waals surface area contributed by atoms with Crippen LogP contribution in [0.4, 0.5) is 0 Å². The van der Waals surface area contributed by atoms with Crippen molar-refractivity contribution < 1.29 is 4.79 Å². The first-order chi connectivity index (χ1) is 10.7. The van der Waals surface area contributed by atoms with Crippen LogP contribution in [0, 0.1) is 5.92 Å². The molecule has 0 unspecified atom stereocenters. The van der Waals surface area contributed by atoms with E-state index in [0.717, 1.165) is 51.7 Å². The van der Waals surface area contributed by atoms with Gasteiger partial charge in [0.25, 0.3) is 0 Å². The summed E-state index contributed by atoms with van der Waals surface area (Å²) < 4.78 is 0. The zero-order valence-corrected chi connectivity index (χ0v) is 14.5. The number of piperidine rings is 1. The minimum Gasteiger partial charge on any atom is -0.340 e. The van der Waals surface area contributed by atoms with E-state index in [0.29, 0.717) is 12.3 Å². The van der Waals surface area contributed by atoms with E-state index in [4.69, 9.17) is 0 Å². The minimum atomic E-state index is 0.340. The van der Waals surface area contributed by atoms with Crippen molar-refractivity contribution in [3.63, 3.8) is 0 Å². The lowest BCUT2D eigenvalue weighted by molar-refractivity contribution is -0.132. The molecule has 0 saturated carbocycles. The van der Waals surface area contributed by atoms with Crippen LogP contribution >= 0.6 is 0 Å². The Morgan fingerprint density at radius 2 is 1.73 bits per heavy atom. The molecule has 2 aliphatic heterocycles. The summed E-state index contributed by atoms with van der Waals surface area (Å²) in [6, 6.07) is 0. The molecule has 2 aliphatic rings. The van der Waals surface area contributed by atoms with E-state index in [1.54, 1.807) is 0 Å². The fourth-order valence-electron chi connectivity index (χ4n) is 3.57. The molecule has 5 heteroatoms. The lowest BCUT2D eigenvalue weighted by Gasteiger charge is -2.35. The summed E-state index contributed by atoms with van der Waals surface area (Å²) in [4.78, 5) is 19.2. The molecule has 0 aromatic rings. The smallest absolute Gasteiger partial charge is 0.223 e. The molecule has 2 rings (SSSR count). The van der Waals surface area contributed by atoms with Crippen LogP contribution < -0.4 is 5.32 Å². The maximum atomic E-state index is 12.2. The Hall–Kier alpha value is -0.650. The largest absolute Gasteiger partial charge is 0.340 e. The average Bonchev–Trinajstić information content (AvgIpc) is 2.59. The van der Waals surface area contributed by atoms with Crippen LogP contribution in [0.3, 0.4) is 0 Å². The predicted molar refractivity (Wildman–Crippen MR) is 91.0 cm³/mol. The molecule has 0 spiro atoms. The zero-order chi connectivity index (χ0) is 15.8. The number of rotatable bonds is 7. The Balaban J connectivity index is 1.61. The summed E-state index contributed by atoms with van der Waals surface area (Å²) in [7, 11) is 0. The number of piperazine rings is 1. The van der Waals surface area contributed by atoms with Crippen molar-refractivity contribution in [3.05, 3.63) is 0 Å². The van der Waals surface area contributed by atoms with Crippen molar-refractivity contribution in [2.45, 2.75) is 33.1 Å². The highest BCUT2D eigenvalue weighted by molar-refractivity contribution is 5.76. The van der Waals surface area contributed by atoms with Gasteiger partial charge in [-0.15, -0.1) is 0 Å². The fraction of sp³-hybridized carbons (Fsp3) is 0.941. The van der Waals surface area contributed by atoms with Gasteiger partial charge >= 0.3 is 0 Å². The molecule has 5 nitrogen and oxygen atoms in total. The standard InChI is InChI=1S/C17H34N4O/c1-3-19(4-2)15-16-5-10-20(11-6-16)12-7-17(22)21-13-8-18-9-14-21/h16,18H,3-15H2,1-2H3. The van der Waals surface area contributed by atoms with Gasteiger partial charge < -0.3 is 20.0 Å². The summed E-state index contributed by atoms with van der Waals surface area (Å²) in [6.07, 6.45) is 3.28. The molecule has 22 heavy (non-hydrogen) atoms. The number of nitrogens with zero attached hydrogens (tertiary/aromatic N) is 3. The van der Waals surface area contributed by atoms with Gasteiger partial charge in [-0.05, 0) is 44.9 Å². The fourth-order valence-corrected chi connectivity index (χ4v) is 3.57. The summed E-state index contributed by atoms with van der Waals surface area (Å²) in [5.41, 5.74) is 0. The Bertz CT molecular complexity index is 319. The van der Waals surface area contributed by atoms with Gasteiger partial charge in [-0.1, -0.05) is 13.8 Å². The third-order valence-corrected chi connectivity index (χ3v) is 5.23. The van der Waals surface area contributed by atoms with Gasteiger partial charge in [0.2, 0.25) is 5.91 Å². The SMILES string of the molecule is CCN(CC)CC1CCN(CCC(=O)N2CCNCC2)CC1. The Morgan fingerprint density at radius 1 is 1.09 bits per heavy atom. The van der Waals surface area contributed by atoms with Crippen LogP contribution in [0.25, 0.3) is 0 Å². The Morgan fingerprint density at radius 3 is 2.32 bits per heavy atom. The molecule has 2 fully saturated rings. The van der Waals surface area contributed by atoms with E-state index in [2.05, 4.69) is 29.0 Å². The molecule has 0 aromatic carbocycles. The molecular formula is C17H34N4O. The Kier molecular flexibility index (Phi) is 7.63. The second-order valence-electron chi connectivity index (χ2n) is 6.65. The summed E-state index contributed by atoms with van der Waals surface area (Å²) in [6.45, 7) is 15.0. The second-order valence-corrected chi connectivity index (χ2v) is 6.65. The van der Waals surface area contributed by atoms with Gasteiger partial charge in [0.05, 0.1) is 0 Å². The molecule has 0 bridgehead atoms. The highest BCUT2D eigenvalue weighted by Gasteiger charge is 2.22. The van der Waals surface area contributed by atoms with Crippen molar-refractivity contribution in [2.24, 2.45) is 5.92 Å². The minimum absolute atomic E-state index is 0.340. The molecule has 0 radical (unpaired) electrons. The third kappa shape index (κ3) is 5.52. The van der Waals surface area contributed by atoms with Crippen LogP contribution in [0.5, 0.6) is 0 Å². The molecule has 128 valence electrons. The normalized spacial score (nSPS) is 21.5. The molecule has 1 amide bonds. The number of carbonyl (C=O) groups excluding carboxylic acids is 1. The van der Waals surface area contributed by atoms with E-state index < -0.39 is 0 Å². The van der Waals surface area contributed by atoms with Crippen molar-refractivity contribution in [2.75, 3.05) is 65.4 Å². The van der Waals surface area contributed by atoms with Gasteiger partial charge in [0.15, 0.2) is 0 Å². The van der Waals surface area contributed by atoms with Crippen LogP contribution in [-0.2, 0) is 4.79 Å². The van der Waals surface area contributed by atoms with E-state index in [9.17, 15) is 4.79 Å². The predicted octanol–water partition coefficient (Wildman–Crippen LogP) is 0.862. The van der Waals surface area contributed by atoms with E-state index in [1.807, 2.05) is 4.90 Å². The van der Waals surface area contributed by atoms with Gasteiger partial charge in [-0.2, -0.15) is 0 Å². The number of likely N-dealkylation sites (tertiary alicyclic amines) is 1. The van der Waals surface area contributed by atoms with Crippen molar-refractivity contribution >= 4 is 5.91 Å².